The van der Waals surface area contributed by atoms with Crippen LogP contribution in [0.3, 0.4) is 0 Å². The first-order valence-electron chi connectivity index (χ1n) is 8.76. The highest BCUT2D eigenvalue weighted by Gasteiger charge is 2.30. The summed E-state index contributed by atoms with van der Waals surface area (Å²) in [5, 5.41) is 2.44. The topological polar surface area (TPSA) is 68.4 Å². The third-order valence-electron chi connectivity index (χ3n) is 4.53. The smallest absolute Gasteiger partial charge is 0.326 e. The molecule has 0 unspecified atom stereocenters. The molecule has 0 radical (unpaired) electrons. The Morgan fingerprint density at radius 2 is 1.86 bits per heavy atom. The predicted molar refractivity (Wildman–Crippen MR) is 102 cm³/mol. The van der Waals surface area contributed by atoms with Gasteiger partial charge in [-0.25, -0.2) is 4.98 Å². The Labute approximate surface area is 162 Å². The third-order valence-corrected chi connectivity index (χ3v) is 4.53. The highest BCUT2D eigenvalue weighted by atomic mass is 19.4. The molecule has 9 heteroatoms. The fraction of sp³-hybridized carbons (Fsp3) is 0.150. The van der Waals surface area contributed by atoms with Gasteiger partial charge in [-0.15, -0.1) is 0 Å². The summed E-state index contributed by atoms with van der Waals surface area (Å²) in [5.41, 5.74) is 0.484. The number of anilines is 1. The molecule has 0 aliphatic heterocycles. The molecule has 1 aromatic carbocycles. The van der Waals surface area contributed by atoms with Gasteiger partial charge in [0.2, 0.25) is 5.91 Å². The number of alkyl halides is 3. The van der Waals surface area contributed by atoms with Crippen LogP contribution >= 0.6 is 0 Å². The number of carbonyl (C=O) groups excluding carboxylic acids is 1. The summed E-state index contributed by atoms with van der Waals surface area (Å²) in [4.78, 5) is 29.3. The van der Waals surface area contributed by atoms with Crippen molar-refractivity contribution in [3.8, 4) is 0 Å². The summed E-state index contributed by atoms with van der Waals surface area (Å²) >= 11 is 0. The van der Waals surface area contributed by atoms with Gasteiger partial charge in [-0.1, -0.05) is 6.07 Å². The van der Waals surface area contributed by atoms with Crippen molar-refractivity contribution in [2.45, 2.75) is 19.1 Å². The summed E-state index contributed by atoms with van der Waals surface area (Å²) in [6.07, 6.45) is -1.29. The average molecular weight is 400 g/mol. The van der Waals surface area contributed by atoms with E-state index in [1.165, 1.54) is 16.7 Å². The fourth-order valence-corrected chi connectivity index (χ4v) is 3.20. The largest absolute Gasteiger partial charge is 0.416 e. The molecule has 3 heterocycles. The van der Waals surface area contributed by atoms with Crippen LogP contribution in [0, 0.1) is 0 Å². The SMILES string of the molecule is O=C(CCn1c(=O)c2cccn2c2cccnc21)Nc1cccc(C(F)(F)F)c1. The molecule has 0 bridgehead atoms. The summed E-state index contributed by atoms with van der Waals surface area (Å²) in [5.74, 6) is -0.504. The van der Waals surface area contributed by atoms with E-state index >= 15 is 0 Å². The van der Waals surface area contributed by atoms with Gasteiger partial charge in [0.15, 0.2) is 5.65 Å². The highest BCUT2D eigenvalue weighted by molar-refractivity contribution is 5.90. The molecular weight excluding hydrogens is 385 g/mol. The second-order valence-corrected chi connectivity index (χ2v) is 6.44. The Bertz CT molecular complexity index is 1270. The molecule has 3 aromatic heterocycles. The number of nitrogens with one attached hydrogen (secondary N) is 1. The van der Waals surface area contributed by atoms with Crippen LogP contribution < -0.4 is 10.9 Å². The number of hydrogen-bond acceptors (Lipinski definition) is 3. The van der Waals surface area contributed by atoms with Gasteiger partial charge in [-0.3, -0.25) is 14.2 Å². The highest BCUT2D eigenvalue weighted by Crippen LogP contribution is 2.30. The van der Waals surface area contributed by atoms with E-state index in [9.17, 15) is 22.8 Å². The van der Waals surface area contributed by atoms with Crippen molar-refractivity contribution in [2.24, 2.45) is 0 Å². The van der Waals surface area contributed by atoms with Gasteiger partial charge >= 0.3 is 6.18 Å². The first-order valence-corrected chi connectivity index (χ1v) is 8.76. The van der Waals surface area contributed by atoms with Gasteiger partial charge in [0.25, 0.3) is 5.56 Å². The van der Waals surface area contributed by atoms with E-state index in [-0.39, 0.29) is 24.2 Å². The van der Waals surface area contributed by atoms with Gasteiger partial charge in [0.1, 0.15) is 5.52 Å². The number of aromatic nitrogens is 3. The zero-order chi connectivity index (χ0) is 20.6. The Morgan fingerprint density at radius 1 is 1.07 bits per heavy atom. The number of aryl methyl sites for hydroxylation is 1. The fourth-order valence-electron chi connectivity index (χ4n) is 3.20. The van der Waals surface area contributed by atoms with E-state index in [0.29, 0.717) is 16.7 Å². The molecule has 6 nitrogen and oxygen atoms in total. The molecule has 0 aliphatic carbocycles. The van der Waals surface area contributed by atoms with Crippen LogP contribution in [-0.2, 0) is 17.5 Å². The maximum atomic E-state index is 12.8. The van der Waals surface area contributed by atoms with Gasteiger partial charge < -0.3 is 9.72 Å². The van der Waals surface area contributed by atoms with E-state index in [2.05, 4.69) is 10.3 Å². The minimum absolute atomic E-state index is 0.0405. The minimum atomic E-state index is -4.49. The number of carbonyl (C=O) groups is 1. The number of fused-ring (bicyclic) bond motifs is 3. The number of nitrogens with zero attached hydrogens (tertiary/aromatic N) is 3. The Kier molecular flexibility index (Phi) is 4.57. The number of hydrogen-bond donors (Lipinski definition) is 1. The zero-order valence-electron chi connectivity index (χ0n) is 15.0. The number of benzene rings is 1. The molecule has 0 saturated heterocycles. The number of pyridine rings is 1. The second kappa shape index (κ2) is 7.08. The van der Waals surface area contributed by atoms with Crippen LogP contribution in [0.25, 0.3) is 16.7 Å². The van der Waals surface area contributed by atoms with Gasteiger partial charge in [-0.05, 0) is 42.5 Å². The molecule has 0 saturated carbocycles. The van der Waals surface area contributed by atoms with Gasteiger partial charge in [-0.2, -0.15) is 13.2 Å². The van der Waals surface area contributed by atoms with Crippen LogP contribution in [0.1, 0.15) is 12.0 Å². The van der Waals surface area contributed by atoms with Gasteiger partial charge in [0, 0.05) is 31.0 Å². The summed E-state index contributed by atoms with van der Waals surface area (Å²) in [6, 6.07) is 11.4. The molecular formula is C20H15F3N4O2. The molecule has 1 amide bonds. The monoisotopic (exact) mass is 400 g/mol. The molecule has 0 aliphatic rings. The van der Waals surface area contributed by atoms with Crippen LogP contribution in [0.2, 0.25) is 0 Å². The molecule has 4 rings (SSSR count). The molecule has 1 N–H and O–H groups in total. The van der Waals surface area contributed by atoms with E-state index < -0.39 is 17.6 Å². The Hall–Kier alpha value is -3.62. The lowest BCUT2D eigenvalue weighted by molar-refractivity contribution is -0.137. The summed E-state index contributed by atoms with van der Waals surface area (Å²) in [7, 11) is 0. The Balaban J connectivity index is 1.58. The zero-order valence-corrected chi connectivity index (χ0v) is 15.0. The maximum absolute atomic E-state index is 12.8. The number of rotatable bonds is 4. The molecule has 0 spiro atoms. The Morgan fingerprint density at radius 3 is 2.66 bits per heavy atom. The van der Waals surface area contributed by atoms with Crippen LogP contribution in [0.4, 0.5) is 18.9 Å². The third kappa shape index (κ3) is 3.58. The standard InChI is InChI=1S/C20H15F3N4O2/c21-20(22,23)13-4-1-5-14(12-13)25-17(28)8-11-27-18-15(6-2-9-24-18)26-10-3-7-16(26)19(27)29/h1-7,9-10,12H,8,11H2,(H,25,28). The minimum Gasteiger partial charge on any atom is -0.326 e. The molecule has 148 valence electrons. The summed E-state index contributed by atoms with van der Waals surface area (Å²) < 4.78 is 41.6. The lowest BCUT2D eigenvalue weighted by Crippen LogP contribution is -2.25. The van der Waals surface area contributed by atoms with Crippen molar-refractivity contribution in [1.29, 1.82) is 0 Å². The molecule has 4 aromatic rings. The lowest BCUT2D eigenvalue weighted by atomic mass is 10.2. The van der Waals surface area contributed by atoms with E-state index in [0.717, 1.165) is 12.1 Å². The molecule has 0 fully saturated rings. The summed E-state index contributed by atoms with van der Waals surface area (Å²) in [6.45, 7) is 0.0405. The van der Waals surface area contributed by atoms with Gasteiger partial charge in [0.05, 0.1) is 11.1 Å². The second-order valence-electron chi connectivity index (χ2n) is 6.44. The van der Waals surface area contributed by atoms with Crippen molar-refractivity contribution < 1.29 is 18.0 Å². The van der Waals surface area contributed by atoms with E-state index in [4.69, 9.17) is 0 Å². The van der Waals surface area contributed by atoms with Crippen molar-refractivity contribution >= 4 is 28.3 Å². The van der Waals surface area contributed by atoms with Crippen LogP contribution in [0.15, 0.2) is 65.7 Å². The molecule has 0 atom stereocenters. The van der Waals surface area contributed by atoms with Crippen molar-refractivity contribution in [2.75, 3.05) is 5.32 Å². The average Bonchev–Trinajstić information content (AvgIpc) is 3.18. The quantitative estimate of drug-likeness (QED) is 0.568. The van der Waals surface area contributed by atoms with Crippen molar-refractivity contribution in [3.63, 3.8) is 0 Å². The maximum Gasteiger partial charge on any atom is 0.416 e. The normalized spacial score (nSPS) is 11.8. The number of halogens is 3. The molecule has 29 heavy (non-hydrogen) atoms. The first kappa shape index (κ1) is 18.7. The first-order chi connectivity index (χ1) is 13.8. The van der Waals surface area contributed by atoms with E-state index in [1.54, 1.807) is 35.0 Å². The van der Waals surface area contributed by atoms with E-state index in [1.807, 2.05) is 6.07 Å². The van der Waals surface area contributed by atoms with Crippen LogP contribution in [-0.4, -0.2) is 19.9 Å². The number of amides is 1. The van der Waals surface area contributed by atoms with Crippen molar-refractivity contribution in [1.82, 2.24) is 14.0 Å². The van der Waals surface area contributed by atoms with Crippen molar-refractivity contribution in [3.05, 3.63) is 76.8 Å². The predicted octanol–water partition coefficient (Wildman–Crippen LogP) is 3.70. The van der Waals surface area contributed by atoms with Crippen LogP contribution in [0.5, 0.6) is 0 Å². The lowest BCUT2D eigenvalue weighted by Gasteiger charge is -2.12.